The van der Waals surface area contributed by atoms with Gasteiger partial charge in [0.15, 0.2) is 14.6 Å². The first kappa shape index (κ1) is 19.5. The van der Waals surface area contributed by atoms with Gasteiger partial charge in [-0.2, -0.15) is 0 Å². The molecule has 0 bridgehead atoms. The van der Waals surface area contributed by atoms with Crippen molar-refractivity contribution < 1.29 is 23.1 Å². The van der Waals surface area contributed by atoms with Crippen LogP contribution >= 0.6 is 0 Å². The smallest absolute Gasteiger partial charge is 0.325 e. The summed E-state index contributed by atoms with van der Waals surface area (Å²) in [6.45, 7) is 5.58. The van der Waals surface area contributed by atoms with E-state index >= 15 is 0 Å². The maximum atomic E-state index is 13.1. The van der Waals surface area contributed by atoms with Gasteiger partial charge in [0.2, 0.25) is 0 Å². The third-order valence-electron chi connectivity index (χ3n) is 4.70. The lowest BCUT2D eigenvalue weighted by Gasteiger charge is -2.37. The van der Waals surface area contributed by atoms with E-state index in [1.807, 2.05) is 13.8 Å². The molecule has 1 aliphatic rings. The molecule has 0 saturated carbocycles. The lowest BCUT2D eigenvalue weighted by atomic mass is 9.95. The molecule has 0 aliphatic carbocycles. The van der Waals surface area contributed by atoms with E-state index in [9.17, 15) is 18.3 Å². The van der Waals surface area contributed by atoms with E-state index in [1.165, 1.54) is 36.9 Å². The van der Waals surface area contributed by atoms with Crippen LogP contribution < -0.4 is 4.74 Å². The second-order valence-corrected chi connectivity index (χ2v) is 8.82. The van der Waals surface area contributed by atoms with Crippen LogP contribution in [0.5, 0.6) is 5.75 Å². The fraction of sp³-hybridized carbons (Fsp3) is 0.500. The van der Waals surface area contributed by atoms with Crippen molar-refractivity contribution in [1.29, 1.82) is 0 Å². The van der Waals surface area contributed by atoms with Crippen molar-refractivity contribution in [1.82, 2.24) is 4.90 Å². The Labute approximate surface area is 149 Å². The van der Waals surface area contributed by atoms with E-state index in [2.05, 4.69) is 11.0 Å². The lowest BCUT2D eigenvalue weighted by Crippen LogP contribution is -2.54. The van der Waals surface area contributed by atoms with Gasteiger partial charge in [0, 0.05) is 19.6 Å². The summed E-state index contributed by atoms with van der Waals surface area (Å²) in [5.74, 6) is -0.745. The molecule has 2 rings (SSSR count). The van der Waals surface area contributed by atoms with Crippen LogP contribution in [-0.4, -0.2) is 55.9 Å². The highest BCUT2D eigenvalue weighted by atomic mass is 32.2. The fourth-order valence-electron chi connectivity index (χ4n) is 2.99. The van der Waals surface area contributed by atoms with Gasteiger partial charge >= 0.3 is 5.97 Å². The number of carboxylic acid groups (broad SMARTS) is 1. The highest BCUT2D eigenvalue weighted by Gasteiger charge is 2.53. The van der Waals surface area contributed by atoms with E-state index in [-0.39, 0.29) is 17.7 Å². The van der Waals surface area contributed by atoms with Crippen molar-refractivity contribution >= 4 is 15.8 Å². The van der Waals surface area contributed by atoms with Crippen molar-refractivity contribution in [2.45, 2.75) is 36.3 Å². The first-order valence-corrected chi connectivity index (χ1v) is 9.69. The molecule has 138 valence electrons. The molecule has 1 aromatic rings. The Hall–Kier alpha value is -1.86. The second kappa shape index (κ2) is 7.58. The third-order valence-corrected chi connectivity index (χ3v) is 7.20. The average Bonchev–Trinajstić information content (AvgIpc) is 2.60. The first-order chi connectivity index (χ1) is 11.7. The predicted molar refractivity (Wildman–Crippen MR) is 95.7 cm³/mol. The van der Waals surface area contributed by atoms with Gasteiger partial charge in [-0.05, 0) is 51.0 Å². The Bertz CT molecular complexity index is 740. The van der Waals surface area contributed by atoms with Crippen LogP contribution in [0.25, 0.3) is 0 Å². The van der Waals surface area contributed by atoms with Gasteiger partial charge in [0.1, 0.15) is 5.75 Å². The van der Waals surface area contributed by atoms with Gasteiger partial charge < -0.3 is 9.84 Å². The van der Waals surface area contributed by atoms with Gasteiger partial charge in [-0.25, -0.2) is 8.42 Å². The quantitative estimate of drug-likeness (QED) is 0.777. The second-order valence-electron chi connectivity index (χ2n) is 6.56. The SMILES string of the molecule is COc1ccc(S(=O)(=O)C2(C(=O)O)CCN(CC=C(C)C)CC2)cc1. The standard InChI is InChI=1S/C18H25NO5S/c1-14(2)8-11-19-12-9-18(10-13-19,17(20)21)25(22,23)16-6-4-15(24-3)5-7-16/h4-8H,9-13H2,1-3H3,(H,20,21). The Morgan fingerprint density at radius 2 is 1.80 bits per heavy atom. The number of carboxylic acids is 1. The van der Waals surface area contributed by atoms with Crippen LogP contribution in [0, 0.1) is 0 Å². The summed E-state index contributed by atoms with van der Waals surface area (Å²) in [5.41, 5.74) is 1.18. The molecule has 6 nitrogen and oxygen atoms in total. The molecule has 1 saturated heterocycles. The molecule has 0 aromatic heterocycles. The van der Waals surface area contributed by atoms with Crippen molar-refractivity contribution in [2.75, 3.05) is 26.7 Å². The van der Waals surface area contributed by atoms with Crippen LogP contribution in [0.4, 0.5) is 0 Å². The van der Waals surface area contributed by atoms with E-state index in [4.69, 9.17) is 4.74 Å². The normalized spacial score (nSPS) is 17.7. The minimum atomic E-state index is -4.00. The van der Waals surface area contributed by atoms with Gasteiger partial charge in [-0.15, -0.1) is 0 Å². The van der Waals surface area contributed by atoms with E-state index in [0.29, 0.717) is 25.4 Å². The molecule has 1 fully saturated rings. The van der Waals surface area contributed by atoms with Gasteiger partial charge in [0.25, 0.3) is 0 Å². The number of benzene rings is 1. The number of sulfone groups is 1. The Kier molecular flexibility index (Phi) is 5.90. The number of allylic oxidation sites excluding steroid dienone is 1. The molecule has 25 heavy (non-hydrogen) atoms. The molecule has 1 N–H and O–H groups in total. The van der Waals surface area contributed by atoms with Crippen molar-refractivity contribution in [2.24, 2.45) is 0 Å². The molecule has 0 spiro atoms. The number of ether oxygens (including phenoxy) is 1. The Morgan fingerprint density at radius 1 is 1.24 bits per heavy atom. The zero-order chi connectivity index (χ0) is 18.7. The van der Waals surface area contributed by atoms with Crippen molar-refractivity contribution in [3.05, 3.63) is 35.9 Å². The molecule has 0 radical (unpaired) electrons. The van der Waals surface area contributed by atoms with Crippen LogP contribution in [0.2, 0.25) is 0 Å². The van der Waals surface area contributed by atoms with Gasteiger partial charge in [-0.1, -0.05) is 11.6 Å². The molecular formula is C18H25NO5S. The minimum absolute atomic E-state index is 0.0217. The first-order valence-electron chi connectivity index (χ1n) is 8.21. The zero-order valence-corrected chi connectivity index (χ0v) is 15.7. The molecule has 0 amide bonds. The molecular weight excluding hydrogens is 342 g/mol. The summed E-state index contributed by atoms with van der Waals surface area (Å²) in [4.78, 5) is 14.1. The van der Waals surface area contributed by atoms with E-state index in [0.717, 1.165) is 0 Å². The van der Waals surface area contributed by atoms with Crippen LogP contribution in [0.3, 0.4) is 0 Å². The maximum absolute atomic E-state index is 13.1. The summed E-state index contributed by atoms with van der Waals surface area (Å²) in [6.07, 6.45) is 2.21. The monoisotopic (exact) mass is 367 g/mol. The molecule has 7 heteroatoms. The zero-order valence-electron chi connectivity index (χ0n) is 14.9. The van der Waals surface area contributed by atoms with Gasteiger partial charge in [0.05, 0.1) is 12.0 Å². The molecule has 1 aliphatic heterocycles. The summed E-state index contributed by atoms with van der Waals surface area (Å²) in [6, 6.07) is 5.89. The van der Waals surface area contributed by atoms with Crippen molar-refractivity contribution in [3.63, 3.8) is 0 Å². The minimum Gasteiger partial charge on any atom is -0.497 e. The number of rotatable bonds is 6. The third kappa shape index (κ3) is 3.88. The summed E-state index contributed by atoms with van der Waals surface area (Å²) in [5, 5.41) is 9.76. The lowest BCUT2D eigenvalue weighted by molar-refractivity contribution is -0.141. The summed E-state index contributed by atoms with van der Waals surface area (Å²) in [7, 11) is -2.51. The summed E-state index contributed by atoms with van der Waals surface area (Å²) < 4.78 is 29.4. The molecule has 0 atom stereocenters. The maximum Gasteiger partial charge on any atom is 0.325 e. The highest BCUT2D eigenvalue weighted by Crippen LogP contribution is 2.36. The number of nitrogens with zero attached hydrogens (tertiary/aromatic N) is 1. The summed E-state index contributed by atoms with van der Waals surface area (Å²) >= 11 is 0. The number of carbonyl (C=O) groups is 1. The van der Waals surface area contributed by atoms with E-state index in [1.54, 1.807) is 0 Å². The number of aliphatic carboxylic acids is 1. The van der Waals surface area contributed by atoms with E-state index < -0.39 is 20.6 Å². The van der Waals surface area contributed by atoms with Crippen LogP contribution in [-0.2, 0) is 14.6 Å². The Morgan fingerprint density at radius 3 is 2.24 bits per heavy atom. The number of methoxy groups -OCH3 is 1. The Balaban J connectivity index is 2.28. The number of piperidine rings is 1. The highest BCUT2D eigenvalue weighted by molar-refractivity contribution is 7.93. The van der Waals surface area contributed by atoms with Crippen molar-refractivity contribution in [3.8, 4) is 5.75 Å². The van der Waals surface area contributed by atoms with Crippen LogP contribution in [0.1, 0.15) is 26.7 Å². The average molecular weight is 367 g/mol. The number of likely N-dealkylation sites (tertiary alicyclic amines) is 1. The fourth-order valence-corrected chi connectivity index (χ4v) is 4.88. The predicted octanol–water partition coefficient (Wildman–Crippen LogP) is 2.35. The number of hydrogen-bond acceptors (Lipinski definition) is 5. The number of hydrogen-bond donors (Lipinski definition) is 1. The largest absolute Gasteiger partial charge is 0.497 e. The van der Waals surface area contributed by atoms with Gasteiger partial charge in [-0.3, -0.25) is 9.69 Å². The topological polar surface area (TPSA) is 83.9 Å². The molecule has 1 heterocycles. The molecule has 1 aromatic carbocycles. The van der Waals surface area contributed by atoms with Crippen LogP contribution in [0.15, 0.2) is 40.8 Å². The molecule has 0 unspecified atom stereocenters.